The van der Waals surface area contributed by atoms with E-state index in [4.69, 9.17) is 0 Å². The van der Waals surface area contributed by atoms with Crippen LogP contribution in [-0.4, -0.2) is 32.7 Å². The van der Waals surface area contributed by atoms with Crippen molar-refractivity contribution in [2.75, 3.05) is 0 Å². The maximum atomic E-state index is 15.2. The first-order chi connectivity index (χ1) is 20.3. The third-order valence-corrected chi connectivity index (χ3v) is 10.0. The van der Waals surface area contributed by atoms with E-state index >= 15 is 4.79 Å². The van der Waals surface area contributed by atoms with Crippen LogP contribution in [0.25, 0.3) is 5.76 Å². The Morgan fingerprint density at radius 2 is 1.50 bits per heavy atom. The number of ketones is 3. The second-order valence-electron chi connectivity index (χ2n) is 14.3. The highest BCUT2D eigenvalue weighted by Crippen LogP contribution is 2.66. The molecule has 3 rings (SSSR count). The Morgan fingerprint density at radius 3 is 2.02 bits per heavy atom. The molecule has 2 aliphatic carbocycles. The van der Waals surface area contributed by atoms with Gasteiger partial charge in [0.25, 0.3) is 0 Å². The van der Waals surface area contributed by atoms with Crippen LogP contribution >= 0.6 is 0 Å². The molecule has 0 saturated heterocycles. The number of hydrogen-bond donors (Lipinski definition) is 3. The van der Waals surface area contributed by atoms with Gasteiger partial charge in [0.15, 0.2) is 28.8 Å². The quantitative estimate of drug-likeness (QED) is 0.0616. The number of Topliss-reactive ketones (excluding diaryl/α,β-unsaturated/α-hetero) is 3. The summed E-state index contributed by atoms with van der Waals surface area (Å²) in [5.74, 6) is -3.61. The molecular weight excluding hydrogens is 552 g/mol. The third kappa shape index (κ3) is 6.00. The molecule has 0 heterocycles. The van der Waals surface area contributed by atoms with Gasteiger partial charge in [0.2, 0.25) is 0 Å². The van der Waals surface area contributed by atoms with Gasteiger partial charge >= 0.3 is 0 Å². The van der Waals surface area contributed by atoms with Crippen LogP contribution in [0.4, 0.5) is 0 Å². The lowest BCUT2D eigenvalue weighted by molar-refractivity contribution is -0.177. The minimum Gasteiger partial charge on any atom is -0.506 e. The number of allylic oxidation sites excluding steroid dienone is 8. The number of aliphatic hydroxyl groups excluding tert-OH is 1. The van der Waals surface area contributed by atoms with Crippen molar-refractivity contribution in [1.82, 2.24) is 0 Å². The van der Waals surface area contributed by atoms with Crippen molar-refractivity contribution in [2.45, 2.75) is 94.4 Å². The number of carbonyl (C=O) groups is 3. The van der Waals surface area contributed by atoms with Gasteiger partial charge in [-0.3, -0.25) is 14.4 Å². The summed E-state index contributed by atoms with van der Waals surface area (Å²) in [5.41, 5.74) is -0.453. The van der Waals surface area contributed by atoms with E-state index in [2.05, 4.69) is 18.7 Å². The standard InChI is InChI=1S/C38H50O6/c1-22(2)11-13-27(25(7)8)20-37-21-28(15-12-23(3)4)36(9,10)38(35(37)44,18-17-24(5)6)34(43)31(33(37)42)32(41)26-14-16-29(39)30(40)19-26/h11-12,14,16-17,19,27-28,39-41H,7,13,15,18,20-21H2,1-6,8-10H3/t27?,28-,37-,38?/m1/s1. The topological polar surface area (TPSA) is 112 Å². The lowest BCUT2D eigenvalue weighted by atomic mass is 9.38. The number of aromatic hydroxyl groups is 2. The smallest absolute Gasteiger partial charge is 0.184 e. The van der Waals surface area contributed by atoms with E-state index in [9.17, 15) is 24.9 Å². The summed E-state index contributed by atoms with van der Waals surface area (Å²) in [6.45, 7) is 21.9. The Labute approximate surface area is 263 Å². The predicted molar refractivity (Wildman–Crippen MR) is 176 cm³/mol. The summed E-state index contributed by atoms with van der Waals surface area (Å²) in [6, 6.07) is 3.65. The molecule has 2 unspecified atom stereocenters. The summed E-state index contributed by atoms with van der Waals surface area (Å²) in [7, 11) is 0. The van der Waals surface area contributed by atoms with Crippen molar-refractivity contribution in [3.63, 3.8) is 0 Å². The minimum absolute atomic E-state index is 0.0110. The number of phenols is 2. The fourth-order valence-electron chi connectivity index (χ4n) is 7.08. The van der Waals surface area contributed by atoms with Crippen LogP contribution in [0, 0.1) is 28.1 Å². The highest BCUT2D eigenvalue weighted by Gasteiger charge is 2.74. The summed E-state index contributed by atoms with van der Waals surface area (Å²) < 4.78 is 0. The van der Waals surface area contributed by atoms with E-state index in [1.54, 1.807) is 0 Å². The first-order valence-corrected chi connectivity index (χ1v) is 15.5. The van der Waals surface area contributed by atoms with Gasteiger partial charge in [-0.1, -0.05) is 60.9 Å². The zero-order valence-electron chi connectivity index (χ0n) is 27.9. The molecule has 1 aromatic rings. The molecular formula is C38H50O6. The van der Waals surface area contributed by atoms with E-state index in [-0.39, 0.29) is 42.4 Å². The lowest BCUT2D eigenvalue weighted by Gasteiger charge is -2.60. The van der Waals surface area contributed by atoms with Crippen molar-refractivity contribution in [3.8, 4) is 11.5 Å². The summed E-state index contributed by atoms with van der Waals surface area (Å²) >= 11 is 0. The summed E-state index contributed by atoms with van der Waals surface area (Å²) in [4.78, 5) is 44.9. The normalized spacial score (nSPS) is 26.0. The molecule has 0 spiro atoms. The predicted octanol–water partition coefficient (Wildman–Crippen LogP) is 8.76. The number of hydrogen-bond acceptors (Lipinski definition) is 6. The van der Waals surface area contributed by atoms with Gasteiger partial charge in [-0.25, -0.2) is 0 Å². The molecule has 2 fully saturated rings. The highest BCUT2D eigenvalue weighted by atomic mass is 16.3. The molecule has 0 aromatic heterocycles. The van der Waals surface area contributed by atoms with E-state index < -0.39 is 50.6 Å². The molecule has 2 saturated carbocycles. The molecule has 3 N–H and O–H groups in total. The first kappa shape index (κ1) is 34.8. The summed E-state index contributed by atoms with van der Waals surface area (Å²) in [6.07, 6.45) is 7.79. The van der Waals surface area contributed by atoms with Crippen LogP contribution in [0.5, 0.6) is 11.5 Å². The first-order valence-electron chi connectivity index (χ1n) is 15.5. The van der Waals surface area contributed by atoms with E-state index in [0.29, 0.717) is 12.8 Å². The molecule has 6 nitrogen and oxygen atoms in total. The molecule has 0 aliphatic heterocycles. The molecule has 4 atom stereocenters. The zero-order valence-corrected chi connectivity index (χ0v) is 27.9. The van der Waals surface area contributed by atoms with Crippen molar-refractivity contribution in [1.29, 1.82) is 0 Å². The van der Waals surface area contributed by atoms with Crippen LogP contribution in [0.15, 0.2) is 70.9 Å². The van der Waals surface area contributed by atoms with Crippen molar-refractivity contribution >= 4 is 23.1 Å². The van der Waals surface area contributed by atoms with Gasteiger partial charge < -0.3 is 15.3 Å². The third-order valence-electron chi connectivity index (χ3n) is 10.0. The monoisotopic (exact) mass is 602 g/mol. The fourth-order valence-corrected chi connectivity index (χ4v) is 7.08. The number of benzene rings is 1. The molecule has 2 aliphatic rings. The Morgan fingerprint density at radius 1 is 0.909 bits per heavy atom. The molecule has 44 heavy (non-hydrogen) atoms. The van der Waals surface area contributed by atoms with E-state index in [0.717, 1.165) is 28.4 Å². The van der Waals surface area contributed by atoms with Gasteiger partial charge in [0.05, 0.1) is 5.41 Å². The Bertz CT molecular complexity index is 1490. The Hall–Kier alpha value is -3.67. The van der Waals surface area contributed by atoms with Crippen LogP contribution in [0.1, 0.15) is 100.0 Å². The average Bonchev–Trinajstić information content (AvgIpc) is 2.91. The Balaban J connectivity index is 2.47. The number of rotatable bonds is 10. The lowest BCUT2D eigenvalue weighted by Crippen LogP contribution is -2.69. The SMILES string of the molecule is C=C(C)C(CC=C(C)C)C[C@@]12C[C@@H](CC=C(C)C)C(C)(C)C(CC=C(C)C)(C(=O)C(=C(O)c3ccc(O)c(O)c3)C1=O)C2=O. The average molecular weight is 603 g/mol. The summed E-state index contributed by atoms with van der Waals surface area (Å²) in [5, 5.41) is 31.7. The van der Waals surface area contributed by atoms with Gasteiger partial charge in [-0.2, -0.15) is 0 Å². The molecule has 6 heteroatoms. The minimum atomic E-state index is -1.62. The van der Waals surface area contributed by atoms with Gasteiger partial charge in [-0.05, 0) is 116 Å². The number of phenolic OH excluding ortho intramolecular Hbond substituents is 2. The second kappa shape index (κ2) is 12.7. The van der Waals surface area contributed by atoms with E-state index in [1.165, 1.54) is 12.1 Å². The highest BCUT2D eigenvalue weighted by molar-refractivity contribution is 6.41. The van der Waals surface area contributed by atoms with Crippen LogP contribution < -0.4 is 0 Å². The maximum absolute atomic E-state index is 15.2. The number of carbonyl (C=O) groups excluding carboxylic acids is 3. The zero-order chi connectivity index (χ0) is 33.4. The molecule has 0 radical (unpaired) electrons. The molecule has 2 bridgehead atoms. The van der Waals surface area contributed by atoms with Gasteiger partial charge in [0.1, 0.15) is 16.7 Å². The fraction of sp³-hybridized carbons (Fsp3) is 0.500. The van der Waals surface area contributed by atoms with Crippen LogP contribution in [0.2, 0.25) is 0 Å². The van der Waals surface area contributed by atoms with Gasteiger partial charge in [-0.15, -0.1) is 0 Å². The maximum Gasteiger partial charge on any atom is 0.184 e. The molecule has 1 aromatic carbocycles. The Kier molecular flexibility index (Phi) is 10.1. The van der Waals surface area contributed by atoms with Crippen LogP contribution in [-0.2, 0) is 14.4 Å². The van der Waals surface area contributed by atoms with Crippen molar-refractivity contribution in [2.24, 2.45) is 28.1 Å². The van der Waals surface area contributed by atoms with Crippen molar-refractivity contribution < 1.29 is 29.7 Å². The van der Waals surface area contributed by atoms with Gasteiger partial charge in [0, 0.05) is 5.56 Å². The molecule has 0 amide bonds. The van der Waals surface area contributed by atoms with Crippen molar-refractivity contribution in [3.05, 3.63) is 76.4 Å². The second-order valence-corrected chi connectivity index (χ2v) is 14.3. The number of fused-ring (bicyclic) bond motifs is 2. The molecule has 238 valence electrons. The van der Waals surface area contributed by atoms with Crippen LogP contribution in [0.3, 0.4) is 0 Å². The van der Waals surface area contributed by atoms with E-state index in [1.807, 2.05) is 68.4 Å². The largest absolute Gasteiger partial charge is 0.506 e. The number of aliphatic hydroxyl groups is 1.